The molecule has 0 fully saturated rings. The highest BCUT2D eigenvalue weighted by Crippen LogP contribution is 2.25. The predicted octanol–water partition coefficient (Wildman–Crippen LogP) is 5.66. The Balaban J connectivity index is 1.72. The molecule has 3 aromatic carbocycles. The molecule has 0 saturated carbocycles. The molecule has 3 aromatic rings. The van der Waals surface area contributed by atoms with Gasteiger partial charge in [0.25, 0.3) is 5.91 Å². The van der Waals surface area contributed by atoms with Crippen molar-refractivity contribution in [3.63, 3.8) is 0 Å². The highest BCUT2D eigenvalue weighted by Gasteiger charge is 2.22. The standard InChI is InChI=1S/C26H29NO2/c1-19(29-23-17-15-22(16-18-23)26(2,3)4)25(28)27-24(20-11-7-5-8-12-20)21-13-9-6-10-14-21/h5-19,24H,1-4H3,(H,27,28)/t19-/m0/s1. The topological polar surface area (TPSA) is 38.3 Å². The van der Waals surface area contributed by atoms with E-state index in [4.69, 9.17) is 4.74 Å². The number of hydrogen-bond donors (Lipinski definition) is 1. The van der Waals surface area contributed by atoms with Crippen molar-refractivity contribution in [2.24, 2.45) is 0 Å². The summed E-state index contributed by atoms with van der Waals surface area (Å²) >= 11 is 0. The summed E-state index contributed by atoms with van der Waals surface area (Å²) in [6.45, 7) is 8.30. The molecule has 0 radical (unpaired) electrons. The third kappa shape index (κ3) is 5.47. The maximum Gasteiger partial charge on any atom is 0.261 e. The van der Waals surface area contributed by atoms with Crippen molar-refractivity contribution in [2.45, 2.75) is 45.3 Å². The number of benzene rings is 3. The van der Waals surface area contributed by atoms with Crippen molar-refractivity contribution in [1.29, 1.82) is 0 Å². The van der Waals surface area contributed by atoms with Gasteiger partial charge >= 0.3 is 0 Å². The molecule has 29 heavy (non-hydrogen) atoms. The van der Waals surface area contributed by atoms with Crippen molar-refractivity contribution in [1.82, 2.24) is 5.32 Å². The van der Waals surface area contributed by atoms with Gasteiger partial charge in [0.1, 0.15) is 5.75 Å². The summed E-state index contributed by atoms with van der Waals surface area (Å²) < 4.78 is 5.90. The van der Waals surface area contributed by atoms with Crippen LogP contribution < -0.4 is 10.1 Å². The third-order valence-corrected chi connectivity index (χ3v) is 4.95. The van der Waals surface area contributed by atoms with Gasteiger partial charge in [-0.25, -0.2) is 0 Å². The minimum absolute atomic E-state index is 0.0834. The zero-order chi connectivity index (χ0) is 20.9. The number of rotatable bonds is 6. The van der Waals surface area contributed by atoms with Crippen LogP contribution in [0.15, 0.2) is 84.9 Å². The minimum Gasteiger partial charge on any atom is -0.481 e. The number of hydrogen-bond acceptors (Lipinski definition) is 2. The fourth-order valence-electron chi connectivity index (χ4n) is 3.20. The molecule has 3 heteroatoms. The second kappa shape index (κ2) is 8.95. The molecule has 0 heterocycles. The lowest BCUT2D eigenvalue weighted by Gasteiger charge is -2.23. The zero-order valence-electron chi connectivity index (χ0n) is 17.6. The molecule has 1 amide bonds. The molecule has 0 aliphatic carbocycles. The van der Waals surface area contributed by atoms with Gasteiger partial charge in [0, 0.05) is 0 Å². The second-order valence-corrected chi connectivity index (χ2v) is 8.30. The van der Waals surface area contributed by atoms with E-state index in [1.165, 1.54) is 5.56 Å². The van der Waals surface area contributed by atoms with Crippen molar-refractivity contribution in [3.8, 4) is 5.75 Å². The Bertz CT molecular complexity index is 873. The van der Waals surface area contributed by atoms with Crippen LogP contribution in [0.25, 0.3) is 0 Å². The van der Waals surface area contributed by atoms with E-state index in [1.807, 2.05) is 72.8 Å². The lowest BCUT2D eigenvalue weighted by molar-refractivity contribution is -0.127. The number of nitrogens with one attached hydrogen (secondary N) is 1. The first-order valence-corrected chi connectivity index (χ1v) is 10.0. The van der Waals surface area contributed by atoms with Crippen LogP contribution in [-0.2, 0) is 10.2 Å². The summed E-state index contributed by atoms with van der Waals surface area (Å²) in [6.07, 6.45) is -0.606. The van der Waals surface area contributed by atoms with E-state index >= 15 is 0 Å². The minimum atomic E-state index is -0.606. The van der Waals surface area contributed by atoms with Gasteiger partial charge in [-0.05, 0) is 41.2 Å². The number of carbonyl (C=O) groups excluding carboxylic acids is 1. The van der Waals surface area contributed by atoms with Crippen molar-refractivity contribution >= 4 is 5.91 Å². The molecule has 0 aliphatic rings. The molecule has 0 aliphatic heterocycles. The van der Waals surface area contributed by atoms with Gasteiger partial charge in [0.05, 0.1) is 6.04 Å². The molecular formula is C26H29NO2. The maximum absolute atomic E-state index is 12.9. The summed E-state index contributed by atoms with van der Waals surface area (Å²) in [5, 5.41) is 3.14. The van der Waals surface area contributed by atoms with Crippen LogP contribution in [0, 0.1) is 0 Å². The van der Waals surface area contributed by atoms with Crippen molar-refractivity contribution in [2.75, 3.05) is 0 Å². The second-order valence-electron chi connectivity index (χ2n) is 8.30. The zero-order valence-corrected chi connectivity index (χ0v) is 17.6. The van der Waals surface area contributed by atoms with Crippen LogP contribution in [0.1, 0.15) is 50.4 Å². The lowest BCUT2D eigenvalue weighted by Crippen LogP contribution is -2.39. The molecule has 3 nitrogen and oxygen atoms in total. The predicted molar refractivity (Wildman–Crippen MR) is 118 cm³/mol. The summed E-state index contributed by atoms with van der Waals surface area (Å²) in [5.74, 6) is 0.541. The average Bonchev–Trinajstić information content (AvgIpc) is 2.73. The number of ether oxygens (including phenoxy) is 1. The van der Waals surface area contributed by atoms with Crippen LogP contribution in [0.5, 0.6) is 5.75 Å². The molecule has 1 atom stereocenters. The quantitative estimate of drug-likeness (QED) is 0.593. The fraction of sp³-hybridized carbons (Fsp3) is 0.269. The number of amides is 1. The normalized spacial score (nSPS) is 12.4. The van der Waals surface area contributed by atoms with E-state index in [0.717, 1.165) is 11.1 Å². The summed E-state index contributed by atoms with van der Waals surface area (Å²) in [5.41, 5.74) is 3.39. The summed E-state index contributed by atoms with van der Waals surface area (Å²) in [7, 11) is 0. The Hall–Kier alpha value is -3.07. The molecule has 0 saturated heterocycles. The van der Waals surface area contributed by atoms with Gasteiger partial charge in [-0.15, -0.1) is 0 Å². The van der Waals surface area contributed by atoms with Crippen LogP contribution in [0.3, 0.4) is 0 Å². The summed E-state index contributed by atoms with van der Waals surface area (Å²) in [4.78, 5) is 12.9. The molecule has 0 aromatic heterocycles. The Morgan fingerprint density at radius 3 is 1.72 bits per heavy atom. The molecule has 3 rings (SSSR count). The Morgan fingerprint density at radius 2 is 1.28 bits per heavy atom. The first-order valence-electron chi connectivity index (χ1n) is 10.0. The van der Waals surface area contributed by atoms with Gasteiger partial charge < -0.3 is 10.1 Å². The maximum atomic E-state index is 12.9. The fourth-order valence-corrected chi connectivity index (χ4v) is 3.20. The smallest absolute Gasteiger partial charge is 0.261 e. The Morgan fingerprint density at radius 1 is 0.793 bits per heavy atom. The SMILES string of the molecule is C[C@H](Oc1ccc(C(C)(C)C)cc1)C(=O)NC(c1ccccc1)c1ccccc1. The van der Waals surface area contributed by atoms with Gasteiger partial charge in [-0.1, -0.05) is 93.6 Å². The van der Waals surface area contributed by atoms with E-state index in [9.17, 15) is 4.79 Å². The monoisotopic (exact) mass is 387 g/mol. The lowest BCUT2D eigenvalue weighted by atomic mass is 9.87. The molecule has 1 N–H and O–H groups in total. The first-order chi connectivity index (χ1) is 13.8. The Labute approximate surface area is 173 Å². The van der Waals surface area contributed by atoms with Gasteiger partial charge in [-0.3, -0.25) is 4.79 Å². The van der Waals surface area contributed by atoms with E-state index < -0.39 is 6.10 Å². The van der Waals surface area contributed by atoms with Gasteiger partial charge in [0.15, 0.2) is 6.10 Å². The van der Waals surface area contributed by atoms with Crippen LogP contribution in [0.2, 0.25) is 0 Å². The van der Waals surface area contributed by atoms with Crippen molar-refractivity contribution < 1.29 is 9.53 Å². The van der Waals surface area contributed by atoms with Crippen LogP contribution >= 0.6 is 0 Å². The van der Waals surface area contributed by atoms with Gasteiger partial charge in [0.2, 0.25) is 0 Å². The Kier molecular flexibility index (Phi) is 6.38. The van der Waals surface area contributed by atoms with E-state index in [2.05, 4.69) is 38.2 Å². The van der Waals surface area contributed by atoms with Gasteiger partial charge in [-0.2, -0.15) is 0 Å². The van der Waals surface area contributed by atoms with Crippen molar-refractivity contribution in [3.05, 3.63) is 102 Å². The molecule has 0 unspecified atom stereocenters. The molecule has 0 spiro atoms. The van der Waals surface area contributed by atoms with Crippen LogP contribution in [-0.4, -0.2) is 12.0 Å². The van der Waals surface area contributed by atoms with E-state index in [0.29, 0.717) is 5.75 Å². The highest BCUT2D eigenvalue weighted by atomic mass is 16.5. The third-order valence-electron chi connectivity index (χ3n) is 4.95. The number of carbonyl (C=O) groups is 1. The van der Waals surface area contributed by atoms with E-state index in [-0.39, 0.29) is 17.4 Å². The molecule has 0 bridgehead atoms. The average molecular weight is 388 g/mol. The van der Waals surface area contributed by atoms with Crippen LogP contribution in [0.4, 0.5) is 0 Å². The first kappa shape index (κ1) is 20.7. The molecular weight excluding hydrogens is 358 g/mol. The summed E-state index contributed by atoms with van der Waals surface area (Å²) in [6, 6.07) is 27.7. The van der Waals surface area contributed by atoms with E-state index in [1.54, 1.807) is 6.92 Å². The molecule has 150 valence electrons. The largest absolute Gasteiger partial charge is 0.481 e. The highest BCUT2D eigenvalue weighted by molar-refractivity contribution is 5.81.